The maximum atomic E-state index is 12.9. The number of halogens is 3. The van der Waals surface area contributed by atoms with E-state index in [1.807, 2.05) is 0 Å². The highest BCUT2D eigenvalue weighted by molar-refractivity contribution is 5.99. The van der Waals surface area contributed by atoms with Crippen molar-refractivity contribution >= 4 is 5.91 Å². The first-order valence-corrected chi connectivity index (χ1v) is 8.34. The van der Waals surface area contributed by atoms with Crippen LogP contribution in [0, 0.1) is 0 Å². The summed E-state index contributed by atoms with van der Waals surface area (Å²) < 4.78 is 43.9. The van der Waals surface area contributed by atoms with E-state index in [0.29, 0.717) is 42.0 Å². The van der Waals surface area contributed by atoms with Gasteiger partial charge in [-0.25, -0.2) is 0 Å². The lowest BCUT2D eigenvalue weighted by Crippen LogP contribution is -2.37. The van der Waals surface area contributed by atoms with E-state index in [2.05, 4.69) is 0 Å². The molecule has 7 heteroatoms. The van der Waals surface area contributed by atoms with Gasteiger partial charge in [0, 0.05) is 12.6 Å². The number of nitrogens with zero attached hydrogens (tertiary/aromatic N) is 1. The second-order valence-corrected chi connectivity index (χ2v) is 6.70. The number of ether oxygens (including phenoxy) is 1. The Morgan fingerprint density at radius 2 is 1.77 bits per heavy atom. The van der Waals surface area contributed by atoms with E-state index < -0.39 is 11.7 Å². The molecule has 1 saturated heterocycles. The Hall–Kier alpha value is -2.54. The van der Waals surface area contributed by atoms with Crippen LogP contribution in [0.25, 0.3) is 11.1 Å². The summed E-state index contributed by atoms with van der Waals surface area (Å²) in [4.78, 5) is 14.6. The molecule has 0 spiro atoms. The number of amides is 1. The number of nitrogens with two attached hydrogens (primary N) is 1. The molecular weight excluding hydrogens is 345 g/mol. The highest BCUT2D eigenvalue weighted by Gasteiger charge is 2.38. The average molecular weight is 362 g/mol. The summed E-state index contributed by atoms with van der Waals surface area (Å²) in [5.74, 6) is 0.345. The first kappa shape index (κ1) is 16.9. The number of carbonyl (C=O) groups is 1. The zero-order valence-corrected chi connectivity index (χ0v) is 13.8. The maximum Gasteiger partial charge on any atom is 0.416 e. The Kier molecular flexibility index (Phi) is 3.91. The van der Waals surface area contributed by atoms with E-state index in [1.54, 1.807) is 23.1 Å². The van der Waals surface area contributed by atoms with Crippen LogP contribution in [-0.2, 0) is 6.18 Å². The summed E-state index contributed by atoms with van der Waals surface area (Å²) in [5.41, 5.74) is 6.94. The molecule has 1 fully saturated rings. The minimum atomic E-state index is -4.38. The van der Waals surface area contributed by atoms with Gasteiger partial charge in [-0.15, -0.1) is 0 Å². The van der Waals surface area contributed by atoms with Gasteiger partial charge in [0.2, 0.25) is 0 Å². The molecule has 2 heterocycles. The molecule has 2 atom stereocenters. The second kappa shape index (κ2) is 6.02. The number of hydrogen-bond donors (Lipinski definition) is 1. The minimum Gasteiger partial charge on any atom is -0.491 e. The summed E-state index contributed by atoms with van der Waals surface area (Å²) in [6, 6.07) is 9.89. The van der Waals surface area contributed by atoms with Crippen molar-refractivity contribution in [3.05, 3.63) is 53.6 Å². The number of benzene rings is 2. The molecule has 0 bridgehead atoms. The van der Waals surface area contributed by atoms with Crippen LogP contribution in [0.4, 0.5) is 13.2 Å². The van der Waals surface area contributed by atoms with Crippen LogP contribution in [0.1, 0.15) is 22.3 Å². The average Bonchev–Trinajstić information content (AvgIpc) is 2.94. The number of hydrogen-bond acceptors (Lipinski definition) is 3. The number of carbonyl (C=O) groups excluding carboxylic acids is 1. The van der Waals surface area contributed by atoms with E-state index in [0.717, 1.165) is 12.1 Å². The standard InChI is InChI=1S/C19H17F3N2O2/c20-19(21,22)13-4-1-11(2-5-13)12-3-6-17-16(7-12)18(25)24-9-14(23)8-15(24)10-26-17/h1-7,14-15H,8-10,23H2/t14-,15+/m0/s1. The predicted octanol–water partition coefficient (Wildman–Crippen LogP) is 3.31. The van der Waals surface area contributed by atoms with Crippen molar-refractivity contribution < 1.29 is 22.7 Å². The predicted molar refractivity (Wildman–Crippen MR) is 89.8 cm³/mol. The van der Waals surface area contributed by atoms with Crippen LogP contribution in [0.3, 0.4) is 0 Å². The Balaban J connectivity index is 1.68. The summed E-state index contributed by atoms with van der Waals surface area (Å²) in [6.07, 6.45) is -3.68. The lowest BCUT2D eigenvalue weighted by Gasteiger charge is -2.20. The first-order valence-electron chi connectivity index (χ1n) is 8.34. The molecule has 1 amide bonds. The van der Waals surface area contributed by atoms with E-state index in [1.165, 1.54) is 12.1 Å². The summed E-state index contributed by atoms with van der Waals surface area (Å²) in [7, 11) is 0. The Bertz CT molecular complexity index is 849. The van der Waals surface area contributed by atoms with Crippen molar-refractivity contribution in [2.24, 2.45) is 5.73 Å². The van der Waals surface area contributed by atoms with Gasteiger partial charge in [-0.2, -0.15) is 13.2 Å². The normalized spacial score (nSPS) is 22.5. The fourth-order valence-electron chi connectivity index (χ4n) is 3.55. The smallest absolute Gasteiger partial charge is 0.416 e. The van der Waals surface area contributed by atoms with Gasteiger partial charge in [0.1, 0.15) is 12.4 Å². The molecule has 2 aromatic carbocycles. The molecule has 2 aliphatic rings. The summed E-state index contributed by atoms with van der Waals surface area (Å²) >= 11 is 0. The molecule has 0 aliphatic carbocycles. The van der Waals surface area contributed by atoms with Crippen LogP contribution >= 0.6 is 0 Å². The monoisotopic (exact) mass is 362 g/mol. The van der Waals surface area contributed by atoms with Crippen LogP contribution < -0.4 is 10.5 Å². The fraction of sp³-hybridized carbons (Fsp3) is 0.316. The number of alkyl halides is 3. The molecule has 0 radical (unpaired) electrons. The quantitative estimate of drug-likeness (QED) is 0.847. The van der Waals surface area contributed by atoms with Crippen molar-refractivity contribution in [3.8, 4) is 16.9 Å². The molecule has 4 rings (SSSR count). The largest absolute Gasteiger partial charge is 0.491 e. The van der Waals surface area contributed by atoms with Crippen molar-refractivity contribution in [3.63, 3.8) is 0 Å². The fourth-order valence-corrected chi connectivity index (χ4v) is 3.55. The zero-order valence-electron chi connectivity index (χ0n) is 13.8. The van der Waals surface area contributed by atoms with Crippen LogP contribution in [-0.4, -0.2) is 36.0 Å². The van der Waals surface area contributed by atoms with Gasteiger partial charge in [-0.05, 0) is 41.8 Å². The lowest BCUT2D eigenvalue weighted by atomic mass is 10.0. The van der Waals surface area contributed by atoms with Gasteiger partial charge in [0.05, 0.1) is 17.2 Å². The third-order valence-electron chi connectivity index (χ3n) is 4.89. The third-order valence-corrected chi connectivity index (χ3v) is 4.89. The van der Waals surface area contributed by atoms with Crippen LogP contribution in [0.15, 0.2) is 42.5 Å². The van der Waals surface area contributed by atoms with E-state index in [9.17, 15) is 18.0 Å². The molecule has 0 unspecified atom stereocenters. The SMILES string of the molecule is N[C@H]1C[C@@H]2COc3ccc(-c4ccc(C(F)(F)F)cc4)cc3C(=O)N2C1. The Morgan fingerprint density at radius 1 is 1.08 bits per heavy atom. The highest BCUT2D eigenvalue weighted by Crippen LogP contribution is 2.34. The first-order chi connectivity index (χ1) is 12.3. The lowest BCUT2D eigenvalue weighted by molar-refractivity contribution is -0.137. The van der Waals surface area contributed by atoms with Gasteiger partial charge in [-0.1, -0.05) is 18.2 Å². The molecule has 2 aromatic rings. The van der Waals surface area contributed by atoms with E-state index in [4.69, 9.17) is 10.5 Å². The van der Waals surface area contributed by atoms with Crippen molar-refractivity contribution in [2.45, 2.75) is 24.7 Å². The van der Waals surface area contributed by atoms with Crippen LogP contribution in [0.5, 0.6) is 5.75 Å². The molecule has 136 valence electrons. The minimum absolute atomic E-state index is 0.0422. The van der Waals surface area contributed by atoms with Crippen molar-refractivity contribution in [1.82, 2.24) is 4.90 Å². The molecule has 26 heavy (non-hydrogen) atoms. The number of rotatable bonds is 1. The molecular formula is C19H17F3N2O2. The zero-order chi connectivity index (χ0) is 18.5. The Labute approximate surface area is 148 Å². The molecule has 0 aromatic heterocycles. The van der Waals surface area contributed by atoms with Gasteiger partial charge >= 0.3 is 6.18 Å². The van der Waals surface area contributed by atoms with Crippen LogP contribution in [0.2, 0.25) is 0 Å². The van der Waals surface area contributed by atoms with Gasteiger partial charge < -0.3 is 15.4 Å². The van der Waals surface area contributed by atoms with Gasteiger partial charge in [-0.3, -0.25) is 4.79 Å². The highest BCUT2D eigenvalue weighted by atomic mass is 19.4. The third kappa shape index (κ3) is 2.92. The maximum absolute atomic E-state index is 12.9. The van der Waals surface area contributed by atoms with Crippen molar-refractivity contribution in [2.75, 3.05) is 13.2 Å². The second-order valence-electron chi connectivity index (χ2n) is 6.70. The molecule has 2 N–H and O–H groups in total. The Morgan fingerprint density at radius 3 is 2.46 bits per heavy atom. The number of fused-ring (bicyclic) bond motifs is 2. The molecule has 2 aliphatic heterocycles. The van der Waals surface area contributed by atoms with E-state index in [-0.39, 0.29) is 18.0 Å². The van der Waals surface area contributed by atoms with Crippen molar-refractivity contribution in [1.29, 1.82) is 0 Å². The van der Waals surface area contributed by atoms with Gasteiger partial charge in [0.15, 0.2) is 0 Å². The molecule has 0 saturated carbocycles. The van der Waals surface area contributed by atoms with Gasteiger partial charge in [0.25, 0.3) is 5.91 Å². The molecule has 4 nitrogen and oxygen atoms in total. The van der Waals surface area contributed by atoms with E-state index >= 15 is 0 Å². The topological polar surface area (TPSA) is 55.6 Å². The summed E-state index contributed by atoms with van der Waals surface area (Å²) in [6.45, 7) is 0.878. The summed E-state index contributed by atoms with van der Waals surface area (Å²) in [5, 5.41) is 0.